The van der Waals surface area contributed by atoms with E-state index in [-0.39, 0.29) is 18.6 Å². The van der Waals surface area contributed by atoms with Crippen LogP contribution >= 0.6 is 0 Å². The Labute approximate surface area is 125 Å². The van der Waals surface area contributed by atoms with Gasteiger partial charge in [-0.15, -0.1) is 0 Å². The number of amides is 1. The minimum atomic E-state index is -0.121. The summed E-state index contributed by atoms with van der Waals surface area (Å²) in [5.41, 5.74) is 2.78. The molecule has 0 saturated carbocycles. The average Bonchev–Trinajstić information content (AvgIpc) is 2.52. The van der Waals surface area contributed by atoms with Gasteiger partial charge in [0.15, 0.2) is 0 Å². The predicted molar refractivity (Wildman–Crippen MR) is 84.2 cm³/mol. The number of aliphatic hydroxyl groups excluding tert-OH is 1. The van der Waals surface area contributed by atoms with Gasteiger partial charge in [0.1, 0.15) is 0 Å². The molecule has 1 N–H and O–H groups in total. The maximum Gasteiger partial charge on any atom is 0.254 e. The molecule has 0 bridgehead atoms. The number of carbonyl (C=O) groups is 1. The topological polar surface area (TPSA) is 40.5 Å². The third kappa shape index (κ3) is 3.70. The summed E-state index contributed by atoms with van der Waals surface area (Å²) in [5.74, 6) is -0.0268. The second-order valence-electron chi connectivity index (χ2n) is 5.22. The fourth-order valence-electron chi connectivity index (χ4n) is 2.50. The summed E-state index contributed by atoms with van der Waals surface area (Å²) in [7, 11) is 1.79. The highest BCUT2D eigenvalue weighted by atomic mass is 16.3. The van der Waals surface area contributed by atoms with Crippen LogP contribution in [0.4, 0.5) is 0 Å². The van der Waals surface area contributed by atoms with Crippen molar-refractivity contribution in [2.45, 2.75) is 19.4 Å². The van der Waals surface area contributed by atoms with E-state index in [0.29, 0.717) is 12.0 Å². The molecule has 0 radical (unpaired) electrons. The molecular weight excluding hydrogens is 262 g/mol. The molecular formula is C18H21NO2. The Kier molecular flexibility index (Phi) is 5.12. The van der Waals surface area contributed by atoms with E-state index in [1.54, 1.807) is 11.9 Å². The van der Waals surface area contributed by atoms with Crippen molar-refractivity contribution >= 4 is 5.91 Å². The zero-order valence-electron chi connectivity index (χ0n) is 12.5. The molecule has 3 heteroatoms. The van der Waals surface area contributed by atoms with Crippen molar-refractivity contribution < 1.29 is 9.90 Å². The maximum absolute atomic E-state index is 12.6. The lowest BCUT2D eigenvalue weighted by Crippen LogP contribution is -2.32. The molecule has 110 valence electrons. The number of rotatable bonds is 5. The quantitative estimate of drug-likeness (QED) is 0.915. The molecule has 3 nitrogen and oxygen atoms in total. The number of benzene rings is 2. The van der Waals surface area contributed by atoms with Crippen molar-refractivity contribution in [3.63, 3.8) is 0 Å². The fourth-order valence-corrected chi connectivity index (χ4v) is 2.50. The summed E-state index contributed by atoms with van der Waals surface area (Å²) < 4.78 is 0. The molecule has 1 unspecified atom stereocenters. The molecule has 2 aromatic rings. The van der Waals surface area contributed by atoms with E-state index >= 15 is 0 Å². The highest BCUT2D eigenvalue weighted by Crippen LogP contribution is 2.24. The van der Waals surface area contributed by atoms with E-state index in [2.05, 4.69) is 0 Å². The maximum atomic E-state index is 12.6. The van der Waals surface area contributed by atoms with E-state index < -0.39 is 0 Å². The van der Waals surface area contributed by atoms with Gasteiger partial charge in [-0.1, -0.05) is 48.0 Å². The summed E-state index contributed by atoms with van der Waals surface area (Å²) in [6.45, 7) is 2.02. The first kappa shape index (κ1) is 15.3. The monoisotopic (exact) mass is 283 g/mol. The number of hydrogen-bond acceptors (Lipinski definition) is 2. The van der Waals surface area contributed by atoms with Gasteiger partial charge in [0, 0.05) is 19.2 Å². The standard InChI is InChI=1S/C18H21NO2/c1-14-7-6-10-16(13-14)18(21)19(2)17(11-12-20)15-8-4-3-5-9-15/h3-10,13,17,20H,11-12H2,1-2H3. The third-order valence-electron chi connectivity index (χ3n) is 3.64. The molecule has 0 aliphatic carbocycles. The lowest BCUT2D eigenvalue weighted by molar-refractivity contribution is 0.0705. The predicted octanol–water partition coefficient (Wildman–Crippen LogP) is 3.19. The van der Waals surface area contributed by atoms with Crippen molar-refractivity contribution in [1.82, 2.24) is 4.90 Å². The number of aliphatic hydroxyl groups is 1. The van der Waals surface area contributed by atoms with Crippen LogP contribution in [0.25, 0.3) is 0 Å². The molecule has 0 fully saturated rings. The fraction of sp³-hybridized carbons (Fsp3) is 0.278. The minimum Gasteiger partial charge on any atom is -0.396 e. The van der Waals surface area contributed by atoms with Gasteiger partial charge in [0.25, 0.3) is 5.91 Å². The summed E-state index contributed by atoms with van der Waals surface area (Å²) in [4.78, 5) is 14.3. The molecule has 0 saturated heterocycles. The van der Waals surface area contributed by atoms with Crippen molar-refractivity contribution in [1.29, 1.82) is 0 Å². The first-order valence-electron chi connectivity index (χ1n) is 7.13. The number of hydrogen-bond donors (Lipinski definition) is 1. The summed E-state index contributed by atoms with van der Waals surface area (Å²) in [6, 6.07) is 17.3. The van der Waals surface area contributed by atoms with Crippen LogP contribution in [0.1, 0.15) is 33.9 Å². The largest absolute Gasteiger partial charge is 0.396 e. The van der Waals surface area contributed by atoms with Crippen molar-refractivity contribution in [2.24, 2.45) is 0 Å². The smallest absolute Gasteiger partial charge is 0.254 e. The van der Waals surface area contributed by atoms with Gasteiger partial charge < -0.3 is 10.0 Å². The van der Waals surface area contributed by atoms with Crippen molar-refractivity contribution in [3.8, 4) is 0 Å². The summed E-state index contributed by atoms with van der Waals surface area (Å²) in [6.07, 6.45) is 0.526. The van der Waals surface area contributed by atoms with Crippen molar-refractivity contribution in [3.05, 3.63) is 71.3 Å². The van der Waals surface area contributed by atoms with Gasteiger partial charge >= 0.3 is 0 Å². The average molecular weight is 283 g/mol. The lowest BCUT2D eigenvalue weighted by atomic mass is 10.0. The Morgan fingerprint density at radius 2 is 1.86 bits per heavy atom. The number of carbonyl (C=O) groups excluding carboxylic acids is 1. The molecule has 0 aliphatic rings. The second kappa shape index (κ2) is 7.04. The first-order valence-corrected chi connectivity index (χ1v) is 7.13. The normalized spacial score (nSPS) is 12.0. The highest BCUT2D eigenvalue weighted by Gasteiger charge is 2.22. The van der Waals surface area contributed by atoms with Crippen LogP contribution in [0.2, 0.25) is 0 Å². The zero-order chi connectivity index (χ0) is 15.2. The van der Waals surface area contributed by atoms with Crippen LogP contribution in [-0.4, -0.2) is 29.6 Å². The van der Waals surface area contributed by atoms with Crippen LogP contribution < -0.4 is 0 Å². The molecule has 0 spiro atoms. The van der Waals surface area contributed by atoms with Crippen LogP contribution in [0.5, 0.6) is 0 Å². The van der Waals surface area contributed by atoms with Gasteiger partial charge in [-0.2, -0.15) is 0 Å². The lowest BCUT2D eigenvalue weighted by Gasteiger charge is -2.28. The molecule has 0 aliphatic heterocycles. The Bertz CT molecular complexity index is 595. The van der Waals surface area contributed by atoms with E-state index in [1.165, 1.54) is 0 Å². The molecule has 1 atom stereocenters. The van der Waals surface area contributed by atoms with E-state index in [4.69, 9.17) is 0 Å². The van der Waals surface area contributed by atoms with Gasteiger partial charge in [0.05, 0.1) is 6.04 Å². The Morgan fingerprint density at radius 3 is 2.48 bits per heavy atom. The van der Waals surface area contributed by atoms with E-state index in [0.717, 1.165) is 11.1 Å². The zero-order valence-corrected chi connectivity index (χ0v) is 12.5. The highest BCUT2D eigenvalue weighted by molar-refractivity contribution is 5.94. The van der Waals surface area contributed by atoms with Crippen molar-refractivity contribution in [2.75, 3.05) is 13.7 Å². The van der Waals surface area contributed by atoms with E-state index in [9.17, 15) is 9.90 Å². The first-order chi connectivity index (χ1) is 10.1. The van der Waals surface area contributed by atoms with E-state index in [1.807, 2.05) is 61.5 Å². The summed E-state index contributed by atoms with van der Waals surface area (Å²) in [5, 5.41) is 9.31. The molecule has 2 aromatic carbocycles. The van der Waals surface area contributed by atoms with Crippen LogP contribution in [0.15, 0.2) is 54.6 Å². The van der Waals surface area contributed by atoms with Gasteiger partial charge in [-0.05, 0) is 31.0 Å². The Morgan fingerprint density at radius 1 is 1.14 bits per heavy atom. The third-order valence-corrected chi connectivity index (χ3v) is 3.64. The number of aryl methyl sites for hydroxylation is 1. The van der Waals surface area contributed by atoms with Crippen LogP contribution in [0, 0.1) is 6.92 Å². The second-order valence-corrected chi connectivity index (χ2v) is 5.22. The molecule has 0 heterocycles. The van der Waals surface area contributed by atoms with Gasteiger partial charge in [-0.25, -0.2) is 0 Å². The van der Waals surface area contributed by atoms with Crippen LogP contribution in [-0.2, 0) is 0 Å². The van der Waals surface area contributed by atoms with Crippen LogP contribution in [0.3, 0.4) is 0 Å². The Balaban J connectivity index is 2.26. The number of nitrogens with zero attached hydrogens (tertiary/aromatic N) is 1. The molecule has 1 amide bonds. The SMILES string of the molecule is Cc1cccc(C(=O)N(C)C(CCO)c2ccccc2)c1. The van der Waals surface area contributed by atoms with Gasteiger partial charge in [-0.3, -0.25) is 4.79 Å². The summed E-state index contributed by atoms with van der Waals surface area (Å²) >= 11 is 0. The molecule has 21 heavy (non-hydrogen) atoms. The Hall–Kier alpha value is -2.13. The molecule has 2 rings (SSSR count). The minimum absolute atomic E-state index is 0.0268. The molecule has 0 aromatic heterocycles. The van der Waals surface area contributed by atoms with Gasteiger partial charge in [0.2, 0.25) is 0 Å².